The predicted octanol–water partition coefficient (Wildman–Crippen LogP) is 1.40. The normalized spacial score (nSPS) is 13.6. The van der Waals surface area contributed by atoms with E-state index in [1.54, 1.807) is 11.3 Å². The summed E-state index contributed by atoms with van der Waals surface area (Å²) in [7, 11) is -3.63. The molecule has 104 valence electrons. The molecule has 1 atom stereocenters. The Balaban J connectivity index is 2.04. The summed E-state index contributed by atoms with van der Waals surface area (Å²) in [5, 5.41) is 7.19. The molecular weight excluding hydrogens is 304 g/mol. The van der Waals surface area contributed by atoms with Crippen LogP contribution < -0.4 is 10.5 Å². The van der Waals surface area contributed by atoms with E-state index in [4.69, 9.17) is 5.73 Å². The van der Waals surface area contributed by atoms with Crippen LogP contribution >= 0.6 is 22.7 Å². The van der Waals surface area contributed by atoms with Crippen LogP contribution in [0, 0.1) is 6.92 Å². The minimum atomic E-state index is -3.63. The lowest BCUT2D eigenvalue weighted by molar-refractivity contribution is 0.559. The lowest BCUT2D eigenvalue weighted by Crippen LogP contribution is -2.33. The van der Waals surface area contributed by atoms with Crippen molar-refractivity contribution >= 4 is 37.8 Å². The number of aromatic nitrogens is 2. The fraction of sp³-hybridized carbons (Fsp3) is 0.400. The molecule has 0 saturated heterocycles. The molecule has 19 heavy (non-hydrogen) atoms. The average molecular weight is 318 g/mol. The molecule has 0 bridgehead atoms. The smallest absolute Gasteiger partial charge is 0.270 e. The molecule has 1 unspecified atom stereocenters. The molecule has 2 heterocycles. The lowest BCUT2D eigenvalue weighted by atomic mass is 10.2. The minimum Gasteiger partial charge on any atom is -0.374 e. The minimum absolute atomic E-state index is 0.0980. The summed E-state index contributed by atoms with van der Waals surface area (Å²) in [5.74, 6) is 0. The highest BCUT2D eigenvalue weighted by atomic mass is 32.2. The van der Waals surface area contributed by atoms with Crippen molar-refractivity contribution in [2.45, 2.75) is 30.6 Å². The average Bonchev–Trinajstić information content (AvgIpc) is 2.87. The van der Waals surface area contributed by atoms with Gasteiger partial charge in [-0.3, -0.25) is 0 Å². The molecule has 0 saturated carbocycles. The van der Waals surface area contributed by atoms with Gasteiger partial charge in [-0.2, -0.15) is 0 Å². The third-order valence-corrected chi connectivity index (χ3v) is 6.04. The van der Waals surface area contributed by atoms with E-state index in [9.17, 15) is 8.42 Å². The van der Waals surface area contributed by atoms with Crippen LogP contribution in [0.1, 0.15) is 16.7 Å². The van der Waals surface area contributed by atoms with Crippen molar-refractivity contribution in [3.63, 3.8) is 0 Å². The number of thiophene rings is 1. The first-order valence-electron chi connectivity index (χ1n) is 5.53. The predicted molar refractivity (Wildman–Crippen MR) is 76.9 cm³/mol. The van der Waals surface area contributed by atoms with Crippen molar-refractivity contribution in [3.8, 4) is 0 Å². The third kappa shape index (κ3) is 3.72. The highest BCUT2D eigenvalue weighted by Crippen LogP contribution is 2.19. The number of hydrogen-bond acceptors (Lipinski definition) is 7. The highest BCUT2D eigenvalue weighted by Gasteiger charge is 2.22. The Labute approximate surface area is 119 Å². The Bertz CT molecular complexity index is 662. The molecule has 0 radical (unpaired) electrons. The fourth-order valence-corrected chi connectivity index (χ4v) is 4.65. The van der Waals surface area contributed by atoms with E-state index in [0.717, 1.165) is 16.2 Å². The van der Waals surface area contributed by atoms with Gasteiger partial charge in [-0.15, -0.1) is 21.5 Å². The van der Waals surface area contributed by atoms with Crippen LogP contribution in [-0.4, -0.2) is 24.7 Å². The fourth-order valence-electron chi connectivity index (χ4n) is 1.58. The maximum Gasteiger partial charge on any atom is 0.270 e. The Kier molecular flexibility index (Phi) is 4.19. The maximum absolute atomic E-state index is 12.0. The number of aryl methyl sites for hydroxylation is 1. The van der Waals surface area contributed by atoms with Gasteiger partial charge in [0.25, 0.3) is 10.0 Å². The molecule has 0 fully saturated rings. The van der Waals surface area contributed by atoms with Gasteiger partial charge in [-0.25, -0.2) is 13.1 Å². The van der Waals surface area contributed by atoms with Crippen LogP contribution in [0.4, 0.5) is 5.13 Å². The number of rotatable bonds is 5. The largest absolute Gasteiger partial charge is 0.374 e. The maximum atomic E-state index is 12.0. The van der Waals surface area contributed by atoms with Crippen LogP contribution in [0.15, 0.2) is 16.5 Å². The summed E-state index contributed by atoms with van der Waals surface area (Å²) < 4.78 is 26.5. The van der Waals surface area contributed by atoms with Crippen molar-refractivity contribution in [1.29, 1.82) is 0 Å². The monoisotopic (exact) mass is 318 g/mol. The van der Waals surface area contributed by atoms with E-state index >= 15 is 0 Å². The van der Waals surface area contributed by atoms with Gasteiger partial charge in [0.1, 0.15) is 0 Å². The zero-order valence-corrected chi connectivity index (χ0v) is 12.9. The van der Waals surface area contributed by atoms with Crippen molar-refractivity contribution in [1.82, 2.24) is 14.9 Å². The SMILES string of the molecule is Cc1ccc(CC(C)NS(=O)(=O)c2nnc(N)s2)s1. The molecule has 2 aromatic rings. The first-order chi connectivity index (χ1) is 8.87. The molecule has 0 aliphatic carbocycles. The van der Waals surface area contributed by atoms with E-state index in [2.05, 4.69) is 14.9 Å². The van der Waals surface area contributed by atoms with Crippen LogP contribution in [0.2, 0.25) is 0 Å². The van der Waals surface area contributed by atoms with Crippen LogP contribution in [0.3, 0.4) is 0 Å². The Morgan fingerprint density at radius 1 is 1.37 bits per heavy atom. The second kappa shape index (κ2) is 5.53. The van der Waals surface area contributed by atoms with E-state index < -0.39 is 10.0 Å². The van der Waals surface area contributed by atoms with Crippen molar-refractivity contribution < 1.29 is 8.42 Å². The zero-order valence-electron chi connectivity index (χ0n) is 10.5. The molecule has 3 N–H and O–H groups in total. The van der Waals surface area contributed by atoms with Gasteiger partial charge in [-0.05, 0) is 32.4 Å². The summed E-state index contributed by atoms with van der Waals surface area (Å²) in [6.07, 6.45) is 0.645. The number of sulfonamides is 1. The lowest BCUT2D eigenvalue weighted by Gasteiger charge is -2.11. The van der Waals surface area contributed by atoms with Gasteiger partial charge in [-0.1, -0.05) is 11.3 Å². The summed E-state index contributed by atoms with van der Waals surface area (Å²) in [6.45, 7) is 3.84. The van der Waals surface area contributed by atoms with Crippen LogP contribution in [0.5, 0.6) is 0 Å². The van der Waals surface area contributed by atoms with Gasteiger partial charge in [0.05, 0.1) is 0 Å². The molecule has 0 aliphatic rings. The van der Waals surface area contributed by atoms with Crippen LogP contribution in [-0.2, 0) is 16.4 Å². The molecule has 0 amide bonds. The summed E-state index contributed by atoms with van der Waals surface area (Å²) in [6, 6.07) is 3.81. The highest BCUT2D eigenvalue weighted by molar-refractivity contribution is 7.91. The molecule has 2 aromatic heterocycles. The van der Waals surface area contributed by atoms with Crippen molar-refractivity contribution in [3.05, 3.63) is 21.9 Å². The standard InChI is InChI=1S/C10H14N4O2S3/c1-6(5-8-4-3-7(2)17-8)14-19(15,16)10-13-12-9(11)18-10/h3-4,6,14H,5H2,1-2H3,(H2,11,12). The molecule has 0 aromatic carbocycles. The van der Waals surface area contributed by atoms with Gasteiger partial charge >= 0.3 is 0 Å². The quantitative estimate of drug-likeness (QED) is 0.868. The van der Waals surface area contributed by atoms with Gasteiger partial charge in [0.15, 0.2) is 0 Å². The number of nitrogens with two attached hydrogens (primary N) is 1. The Morgan fingerprint density at radius 3 is 2.63 bits per heavy atom. The van der Waals surface area contributed by atoms with Gasteiger partial charge in [0, 0.05) is 15.8 Å². The Hall–Kier alpha value is -1.03. The number of nitrogens with zero attached hydrogens (tertiary/aromatic N) is 2. The van der Waals surface area contributed by atoms with E-state index in [-0.39, 0.29) is 15.5 Å². The number of nitrogen functional groups attached to an aromatic ring is 1. The van der Waals surface area contributed by atoms with E-state index in [0.29, 0.717) is 6.42 Å². The first kappa shape index (κ1) is 14.4. The number of nitrogens with one attached hydrogen (secondary N) is 1. The molecule has 6 nitrogen and oxygen atoms in total. The summed E-state index contributed by atoms with van der Waals surface area (Å²) >= 11 is 2.52. The second-order valence-corrected chi connectivity index (χ2v) is 8.41. The summed E-state index contributed by atoms with van der Waals surface area (Å²) in [4.78, 5) is 2.35. The summed E-state index contributed by atoms with van der Waals surface area (Å²) in [5.41, 5.74) is 5.39. The van der Waals surface area contributed by atoms with Gasteiger partial charge < -0.3 is 5.73 Å². The first-order valence-corrected chi connectivity index (χ1v) is 8.65. The van der Waals surface area contributed by atoms with E-state index in [1.165, 1.54) is 4.88 Å². The second-order valence-electron chi connectivity index (χ2n) is 4.15. The van der Waals surface area contributed by atoms with Crippen molar-refractivity contribution in [2.75, 3.05) is 5.73 Å². The topological polar surface area (TPSA) is 98.0 Å². The van der Waals surface area contributed by atoms with Gasteiger partial charge in [0.2, 0.25) is 9.47 Å². The Morgan fingerprint density at radius 2 is 2.11 bits per heavy atom. The molecule has 0 aliphatic heterocycles. The van der Waals surface area contributed by atoms with E-state index in [1.807, 2.05) is 26.0 Å². The molecule has 9 heteroatoms. The molecular formula is C10H14N4O2S3. The zero-order chi connectivity index (χ0) is 14.0. The third-order valence-electron chi connectivity index (χ3n) is 2.31. The number of anilines is 1. The molecule has 0 spiro atoms. The van der Waals surface area contributed by atoms with Crippen molar-refractivity contribution in [2.24, 2.45) is 0 Å². The van der Waals surface area contributed by atoms with Crippen LogP contribution in [0.25, 0.3) is 0 Å². The number of hydrogen-bond donors (Lipinski definition) is 2. The molecule has 2 rings (SSSR count).